The first-order chi connectivity index (χ1) is 9.90. The van der Waals surface area contributed by atoms with Crippen LogP contribution in [0.15, 0.2) is 40.9 Å². The molecule has 0 atom stereocenters. The van der Waals surface area contributed by atoms with Crippen molar-refractivity contribution in [1.29, 1.82) is 0 Å². The summed E-state index contributed by atoms with van der Waals surface area (Å²) in [5.41, 5.74) is -0.734. The van der Waals surface area contributed by atoms with Gasteiger partial charge in [-0.1, -0.05) is 17.7 Å². The summed E-state index contributed by atoms with van der Waals surface area (Å²) < 4.78 is 5.87. The van der Waals surface area contributed by atoms with Crippen LogP contribution in [0.4, 0.5) is 5.69 Å². The number of benzene rings is 2. The van der Waals surface area contributed by atoms with Crippen LogP contribution in [0.2, 0.25) is 5.02 Å². The number of carbonyl (C=O) groups is 1. The first kappa shape index (κ1) is 15.3. The summed E-state index contributed by atoms with van der Waals surface area (Å²) in [6, 6.07) is 8.23. The first-order valence-corrected chi connectivity index (χ1v) is 6.71. The van der Waals surface area contributed by atoms with Gasteiger partial charge in [0.25, 0.3) is 0 Å². The molecule has 6 nitrogen and oxygen atoms in total. The Bertz CT molecular complexity index is 702. The van der Waals surface area contributed by atoms with E-state index in [4.69, 9.17) is 21.4 Å². The largest absolute Gasteiger partial charge is 0.478 e. The maximum atomic E-state index is 11.2. The number of ether oxygens (including phenoxy) is 1. The van der Waals surface area contributed by atoms with E-state index in [0.717, 1.165) is 0 Å². The summed E-state index contributed by atoms with van der Waals surface area (Å²) in [6.07, 6.45) is 0. The number of hydrogen-bond acceptors (Lipinski definition) is 4. The Kier molecular flexibility index (Phi) is 4.44. The Balaban J connectivity index is 2.56. The molecule has 0 spiro atoms. The lowest BCUT2D eigenvalue weighted by Crippen LogP contribution is -2.03. The van der Waals surface area contributed by atoms with Crippen molar-refractivity contribution in [3.63, 3.8) is 0 Å². The number of carboxylic acids is 1. The molecule has 8 heteroatoms. The molecule has 2 rings (SSSR count). The van der Waals surface area contributed by atoms with E-state index in [2.05, 4.69) is 15.9 Å². The van der Waals surface area contributed by atoms with Gasteiger partial charge in [0.15, 0.2) is 0 Å². The number of para-hydroxylation sites is 1. The molecule has 21 heavy (non-hydrogen) atoms. The second-order valence-electron chi connectivity index (χ2n) is 3.89. The zero-order chi connectivity index (χ0) is 15.6. The van der Waals surface area contributed by atoms with Crippen LogP contribution in [0.25, 0.3) is 0 Å². The lowest BCUT2D eigenvalue weighted by molar-refractivity contribution is -0.385. The van der Waals surface area contributed by atoms with Gasteiger partial charge in [-0.05, 0) is 40.2 Å². The molecule has 0 unspecified atom stereocenters. The molecule has 2 aromatic rings. The predicted molar refractivity (Wildman–Crippen MR) is 79.3 cm³/mol. The van der Waals surface area contributed by atoms with Crippen molar-refractivity contribution in [3.05, 3.63) is 61.6 Å². The van der Waals surface area contributed by atoms with Gasteiger partial charge in [-0.2, -0.15) is 0 Å². The Hall–Kier alpha value is -2.12. The van der Waals surface area contributed by atoms with Crippen molar-refractivity contribution in [2.24, 2.45) is 0 Å². The van der Waals surface area contributed by atoms with Gasteiger partial charge < -0.3 is 9.84 Å². The highest BCUT2D eigenvalue weighted by atomic mass is 79.9. The fourth-order valence-corrected chi connectivity index (χ4v) is 2.38. The first-order valence-electron chi connectivity index (χ1n) is 5.53. The van der Waals surface area contributed by atoms with Crippen LogP contribution >= 0.6 is 27.5 Å². The molecule has 0 radical (unpaired) electrons. The Morgan fingerprint density at radius 1 is 1.33 bits per heavy atom. The molecule has 108 valence electrons. The fourth-order valence-electron chi connectivity index (χ4n) is 1.61. The van der Waals surface area contributed by atoms with Gasteiger partial charge in [-0.15, -0.1) is 0 Å². The summed E-state index contributed by atoms with van der Waals surface area (Å²) in [7, 11) is 0. The fraction of sp³-hybridized carbons (Fsp3) is 0. The molecule has 0 aliphatic rings. The second-order valence-corrected chi connectivity index (χ2v) is 5.18. The lowest BCUT2D eigenvalue weighted by Gasteiger charge is -2.10. The van der Waals surface area contributed by atoms with E-state index in [-0.39, 0.29) is 17.1 Å². The molecular weight excluding hydrogens is 366 g/mol. The average molecular weight is 373 g/mol. The van der Waals surface area contributed by atoms with Crippen LogP contribution in [-0.4, -0.2) is 16.0 Å². The van der Waals surface area contributed by atoms with Crippen LogP contribution < -0.4 is 4.74 Å². The normalized spacial score (nSPS) is 10.2. The number of nitro benzene ring substituents is 1. The van der Waals surface area contributed by atoms with Crippen LogP contribution in [0, 0.1) is 10.1 Å². The van der Waals surface area contributed by atoms with Crippen molar-refractivity contribution >= 4 is 39.2 Å². The van der Waals surface area contributed by atoms with E-state index in [1.165, 1.54) is 36.4 Å². The van der Waals surface area contributed by atoms with Crippen molar-refractivity contribution in [2.75, 3.05) is 0 Å². The molecule has 0 fully saturated rings. The molecule has 0 heterocycles. The van der Waals surface area contributed by atoms with Gasteiger partial charge in [0, 0.05) is 11.1 Å². The average Bonchev–Trinajstić information content (AvgIpc) is 2.41. The van der Waals surface area contributed by atoms with Crippen molar-refractivity contribution in [2.45, 2.75) is 0 Å². The van der Waals surface area contributed by atoms with E-state index >= 15 is 0 Å². The van der Waals surface area contributed by atoms with Crippen molar-refractivity contribution in [3.8, 4) is 11.5 Å². The zero-order valence-corrected chi connectivity index (χ0v) is 12.6. The summed E-state index contributed by atoms with van der Waals surface area (Å²) in [6.45, 7) is 0. The topological polar surface area (TPSA) is 89.7 Å². The van der Waals surface area contributed by atoms with Gasteiger partial charge in [0.05, 0.1) is 9.40 Å². The molecule has 0 aliphatic heterocycles. The second kappa shape index (κ2) is 6.11. The SMILES string of the molecule is O=C(O)c1cccc([N+](=O)[O-])c1Oc1ccc(Cl)cc1Br. The van der Waals surface area contributed by atoms with E-state index in [1.54, 1.807) is 0 Å². The minimum Gasteiger partial charge on any atom is -0.478 e. The molecule has 0 amide bonds. The standard InChI is InChI=1S/C13H7BrClNO5/c14-9-6-7(15)4-5-11(9)21-12-8(13(17)18)2-1-3-10(12)16(19)20/h1-6H,(H,17,18). The van der Waals surface area contributed by atoms with Crippen molar-refractivity contribution < 1.29 is 19.6 Å². The van der Waals surface area contributed by atoms with E-state index < -0.39 is 16.6 Å². The number of nitrogens with zero attached hydrogens (tertiary/aromatic N) is 1. The summed E-state index contributed by atoms with van der Waals surface area (Å²) in [4.78, 5) is 21.5. The maximum absolute atomic E-state index is 11.2. The van der Waals surface area contributed by atoms with E-state index in [0.29, 0.717) is 9.50 Å². The van der Waals surface area contributed by atoms with Gasteiger partial charge in [-0.3, -0.25) is 10.1 Å². The van der Waals surface area contributed by atoms with Gasteiger partial charge in [0.1, 0.15) is 11.3 Å². The number of carboxylic acid groups (broad SMARTS) is 1. The maximum Gasteiger partial charge on any atom is 0.339 e. The Labute approximate surface area is 132 Å². The third-order valence-electron chi connectivity index (χ3n) is 2.53. The minimum absolute atomic E-state index is 0.219. The van der Waals surface area contributed by atoms with E-state index in [1.807, 2.05) is 0 Å². The van der Waals surface area contributed by atoms with Gasteiger partial charge in [-0.25, -0.2) is 4.79 Å². The van der Waals surface area contributed by atoms with Crippen LogP contribution in [-0.2, 0) is 0 Å². The van der Waals surface area contributed by atoms with Crippen LogP contribution in [0.5, 0.6) is 11.5 Å². The Morgan fingerprint density at radius 3 is 2.62 bits per heavy atom. The zero-order valence-electron chi connectivity index (χ0n) is 10.2. The molecule has 2 aromatic carbocycles. The Morgan fingerprint density at radius 2 is 2.05 bits per heavy atom. The third kappa shape index (κ3) is 3.32. The summed E-state index contributed by atoms with van der Waals surface area (Å²) >= 11 is 9.00. The van der Waals surface area contributed by atoms with Crippen molar-refractivity contribution in [1.82, 2.24) is 0 Å². The van der Waals surface area contributed by atoms with Gasteiger partial charge >= 0.3 is 11.7 Å². The molecule has 0 bridgehead atoms. The quantitative estimate of drug-likeness (QED) is 0.630. The highest BCUT2D eigenvalue weighted by Gasteiger charge is 2.24. The monoisotopic (exact) mass is 371 g/mol. The number of aromatic carboxylic acids is 1. The molecule has 0 aliphatic carbocycles. The predicted octanol–water partition coefficient (Wildman–Crippen LogP) is 4.50. The molecule has 0 saturated heterocycles. The minimum atomic E-state index is -1.32. The summed E-state index contributed by atoms with van der Waals surface area (Å²) in [5.74, 6) is -1.44. The number of halogens is 2. The lowest BCUT2D eigenvalue weighted by atomic mass is 10.1. The highest BCUT2D eigenvalue weighted by molar-refractivity contribution is 9.10. The van der Waals surface area contributed by atoms with E-state index in [9.17, 15) is 14.9 Å². The molecule has 0 aromatic heterocycles. The number of rotatable bonds is 4. The van der Waals surface area contributed by atoms with Gasteiger partial charge in [0.2, 0.25) is 5.75 Å². The third-order valence-corrected chi connectivity index (χ3v) is 3.38. The highest BCUT2D eigenvalue weighted by Crippen LogP contribution is 2.38. The smallest absolute Gasteiger partial charge is 0.339 e. The summed E-state index contributed by atoms with van der Waals surface area (Å²) in [5, 5.41) is 20.6. The molecule has 1 N–H and O–H groups in total. The number of hydrogen-bond donors (Lipinski definition) is 1. The van der Waals surface area contributed by atoms with Crippen LogP contribution in [0.3, 0.4) is 0 Å². The molecule has 0 saturated carbocycles. The van der Waals surface area contributed by atoms with Crippen LogP contribution in [0.1, 0.15) is 10.4 Å². The molecular formula is C13H7BrClNO5. The number of nitro groups is 1.